The summed E-state index contributed by atoms with van der Waals surface area (Å²) in [5, 5.41) is 9.84. The monoisotopic (exact) mass is 331 g/mol. The van der Waals surface area contributed by atoms with E-state index in [9.17, 15) is 4.79 Å². The molecule has 6 nitrogen and oxygen atoms in total. The van der Waals surface area contributed by atoms with E-state index in [2.05, 4.69) is 45.4 Å². The zero-order chi connectivity index (χ0) is 17.4. The van der Waals surface area contributed by atoms with E-state index in [1.54, 1.807) is 18.3 Å². The topological polar surface area (TPSA) is 86.5 Å². The van der Waals surface area contributed by atoms with Crippen molar-refractivity contribution in [3.8, 4) is 11.5 Å². The van der Waals surface area contributed by atoms with Crippen molar-refractivity contribution in [3.05, 3.63) is 65.4 Å². The zero-order valence-corrected chi connectivity index (χ0v) is 13.9. The predicted molar refractivity (Wildman–Crippen MR) is 97.5 cm³/mol. The van der Waals surface area contributed by atoms with Crippen LogP contribution < -0.4 is 5.32 Å². The summed E-state index contributed by atoms with van der Waals surface area (Å²) in [4.78, 5) is 20.3. The van der Waals surface area contributed by atoms with Gasteiger partial charge in [-0.15, -0.1) is 0 Å². The van der Waals surface area contributed by atoms with Crippen molar-refractivity contribution in [1.82, 2.24) is 20.2 Å². The number of carbonyl (C=O) groups is 1. The number of aromatic nitrogens is 4. The van der Waals surface area contributed by atoms with Crippen molar-refractivity contribution in [2.24, 2.45) is 0 Å². The van der Waals surface area contributed by atoms with E-state index in [0.717, 1.165) is 11.0 Å². The molecule has 3 N–H and O–H groups in total. The molecule has 0 aliphatic heterocycles. The number of aryl methyl sites for hydroxylation is 2. The second-order valence-corrected chi connectivity index (χ2v) is 6.02. The van der Waals surface area contributed by atoms with E-state index in [1.165, 1.54) is 11.1 Å². The van der Waals surface area contributed by atoms with Gasteiger partial charge in [0, 0.05) is 5.56 Å². The largest absolute Gasteiger partial charge is 0.337 e. The zero-order valence-electron chi connectivity index (χ0n) is 13.9. The Balaban J connectivity index is 1.69. The highest BCUT2D eigenvalue weighted by Crippen LogP contribution is 2.27. The van der Waals surface area contributed by atoms with Crippen molar-refractivity contribution in [2.45, 2.75) is 13.8 Å². The lowest BCUT2D eigenvalue weighted by Crippen LogP contribution is -2.11. The number of nitrogens with zero attached hydrogens (tertiary/aromatic N) is 2. The molecule has 0 aliphatic carbocycles. The van der Waals surface area contributed by atoms with E-state index < -0.39 is 0 Å². The third kappa shape index (κ3) is 2.78. The minimum atomic E-state index is -0.189. The molecule has 2 heterocycles. The summed E-state index contributed by atoms with van der Waals surface area (Å²) in [6.45, 7) is 4.13. The number of rotatable bonds is 3. The number of hydrogen-bond acceptors (Lipinski definition) is 3. The number of carbonyl (C=O) groups excluding carboxylic acids is 1. The summed E-state index contributed by atoms with van der Waals surface area (Å²) >= 11 is 0. The van der Waals surface area contributed by atoms with E-state index in [1.807, 2.05) is 24.3 Å². The minimum Gasteiger partial charge on any atom is -0.337 e. The molecule has 0 saturated heterocycles. The fourth-order valence-electron chi connectivity index (χ4n) is 2.73. The molecule has 0 bridgehead atoms. The van der Waals surface area contributed by atoms with Gasteiger partial charge in [-0.2, -0.15) is 5.10 Å². The number of aromatic amines is 2. The Morgan fingerprint density at radius 1 is 1.08 bits per heavy atom. The number of anilines is 1. The number of hydrogen-bond donors (Lipinski definition) is 3. The summed E-state index contributed by atoms with van der Waals surface area (Å²) in [7, 11) is 0. The number of amides is 1. The number of fused-ring (bicyclic) bond motifs is 1. The van der Waals surface area contributed by atoms with Crippen LogP contribution in [-0.2, 0) is 0 Å². The molecule has 124 valence electrons. The van der Waals surface area contributed by atoms with Gasteiger partial charge in [0.15, 0.2) is 5.82 Å². The Kier molecular flexibility index (Phi) is 3.57. The lowest BCUT2D eigenvalue weighted by molar-refractivity contribution is 0.102. The van der Waals surface area contributed by atoms with Crippen LogP contribution in [-0.4, -0.2) is 26.1 Å². The second kappa shape index (κ2) is 5.90. The van der Waals surface area contributed by atoms with Crippen LogP contribution in [0.2, 0.25) is 0 Å². The highest BCUT2D eigenvalue weighted by molar-refractivity contribution is 6.05. The van der Waals surface area contributed by atoms with Gasteiger partial charge in [0.05, 0.1) is 22.9 Å². The summed E-state index contributed by atoms with van der Waals surface area (Å²) in [6, 6.07) is 13.2. The maximum Gasteiger partial charge on any atom is 0.255 e. The first-order chi connectivity index (χ1) is 12.1. The Bertz CT molecular complexity index is 1020. The molecule has 4 aromatic rings. The molecule has 6 heteroatoms. The highest BCUT2D eigenvalue weighted by Gasteiger charge is 2.15. The number of imidazole rings is 1. The van der Waals surface area contributed by atoms with Crippen molar-refractivity contribution < 1.29 is 4.79 Å². The molecule has 0 unspecified atom stereocenters. The van der Waals surface area contributed by atoms with Gasteiger partial charge >= 0.3 is 0 Å². The molecular formula is C19H17N5O. The molecule has 0 aliphatic rings. The van der Waals surface area contributed by atoms with Crippen LogP contribution in [0.5, 0.6) is 0 Å². The molecule has 4 rings (SSSR count). The summed E-state index contributed by atoms with van der Waals surface area (Å²) < 4.78 is 0. The normalized spacial score (nSPS) is 11.0. The Morgan fingerprint density at radius 2 is 1.84 bits per heavy atom. The summed E-state index contributed by atoms with van der Waals surface area (Å²) in [5.41, 5.74) is 6.04. The predicted octanol–water partition coefficient (Wildman–Crippen LogP) is 3.82. The van der Waals surface area contributed by atoms with Gasteiger partial charge in [-0.3, -0.25) is 9.89 Å². The lowest BCUT2D eigenvalue weighted by Gasteiger charge is -2.04. The van der Waals surface area contributed by atoms with E-state index >= 15 is 0 Å². The van der Waals surface area contributed by atoms with Gasteiger partial charge in [-0.05, 0) is 49.2 Å². The molecular weight excluding hydrogens is 314 g/mol. The van der Waals surface area contributed by atoms with Crippen LogP contribution in [0.25, 0.3) is 22.6 Å². The number of nitrogens with one attached hydrogen (secondary N) is 3. The molecule has 0 saturated carbocycles. The Labute approximate surface area is 144 Å². The summed E-state index contributed by atoms with van der Waals surface area (Å²) in [5.74, 6) is 0.451. The molecule has 1 amide bonds. The second-order valence-electron chi connectivity index (χ2n) is 6.02. The van der Waals surface area contributed by atoms with Crippen LogP contribution in [0.4, 0.5) is 5.69 Å². The van der Waals surface area contributed by atoms with Gasteiger partial charge in [0.1, 0.15) is 5.69 Å². The number of benzene rings is 2. The minimum absolute atomic E-state index is 0.189. The molecule has 2 aromatic heterocycles. The lowest BCUT2D eigenvalue weighted by atomic mass is 10.1. The highest BCUT2D eigenvalue weighted by atomic mass is 16.1. The van der Waals surface area contributed by atoms with Crippen LogP contribution in [0.15, 0.2) is 48.7 Å². The van der Waals surface area contributed by atoms with Crippen LogP contribution >= 0.6 is 0 Å². The summed E-state index contributed by atoms with van der Waals surface area (Å²) in [6.07, 6.45) is 1.58. The van der Waals surface area contributed by atoms with E-state index in [0.29, 0.717) is 22.8 Å². The smallest absolute Gasteiger partial charge is 0.255 e. The van der Waals surface area contributed by atoms with E-state index in [4.69, 9.17) is 0 Å². The van der Waals surface area contributed by atoms with Gasteiger partial charge in [-0.25, -0.2) is 4.98 Å². The Morgan fingerprint density at radius 3 is 2.64 bits per heavy atom. The molecule has 0 radical (unpaired) electrons. The first kappa shape index (κ1) is 15.1. The SMILES string of the molecule is Cc1cc2nc(-c3[nH]ncc3NC(=O)c3ccccc3)[nH]c2cc1C. The molecule has 0 spiro atoms. The van der Waals surface area contributed by atoms with Gasteiger partial charge in [0.25, 0.3) is 5.91 Å². The molecule has 0 atom stereocenters. The van der Waals surface area contributed by atoms with Crippen LogP contribution in [0.1, 0.15) is 21.5 Å². The molecule has 25 heavy (non-hydrogen) atoms. The van der Waals surface area contributed by atoms with Crippen molar-refractivity contribution in [1.29, 1.82) is 0 Å². The number of H-pyrrole nitrogens is 2. The van der Waals surface area contributed by atoms with Crippen LogP contribution in [0, 0.1) is 13.8 Å². The van der Waals surface area contributed by atoms with Gasteiger partial charge < -0.3 is 10.3 Å². The average Bonchev–Trinajstić information content (AvgIpc) is 3.22. The van der Waals surface area contributed by atoms with Crippen molar-refractivity contribution >= 4 is 22.6 Å². The standard InChI is InChI=1S/C19H17N5O/c1-11-8-14-15(9-12(11)2)22-18(21-14)17-16(10-20-24-17)23-19(25)13-6-4-3-5-7-13/h3-10H,1-2H3,(H,20,24)(H,21,22)(H,23,25). The third-order valence-corrected chi connectivity index (χ3v) is 4.26. The fourth-order valence-corrected chi connectivity index (χ4v) is 2.73. The molecule has 0 fully saturated rings. The third-order valence-electron chi connectivity index (χ3n) is 4.26. The van der Waals surface area contributed by atoms with Crippen molar-refractivity contribution in [2.75, 3.05) is 5.32 Å². The van der Waals surface area contributed by atoms with Crippen LogP contribution in [0.3, 0.4) is 0 Å². The molecule has 2 aromatic carbocycles. The first-order valence-electron chi connectivity index (χ1n) is 7.99. The maximum atomic E-state index is 12.4. The quantitative estimate of drug-likeness (QED) is 0.533. The fraction of sp³-hybridized carbons (Fsp3) is 0.105. The average molecular weight is 331 g/mol. The maximum absolute atomic E-state index is 12.4. The van der Waals surface area contributed by atoms with Gasteiger partial charge in [0.2, 0.25) is 0 Å². The Hall–Kier alpha value is -3.41. The van der Waals surface area contributed by atoms with E-state index in [-0.39, 0.29) is 5.91 Å². The van der Waals surface area contributed by atoms with Gasteiger partial charge in [-0.1, -0.05) is 18.2 Å². The first-order valence-corrected chi connectivity index (χ1v) is 7.99. The van der Waals surface area contributed by atoms with Crippen molar-refractivity contribution in [3.63, 3.8) is 0 Å².